The van der Waals surface area contributed by atoms with Gasteiger partial charge in [0.15, 0.2) is 0 Å². The number of aliphatic imine (C=N–C) groups is 1. The lowest BCUT2D eigenvalue weighted by molar-refractivity contribution is 0.291. The second kappa shape index (κ2) is 6.96. The van der Waals surface area contributed by atoms with E-state index >= 15 is 0 Å². The molecule has 0 aliphatic heterocycles. The highest BCUT2D eigenvalue weighted by Gasteiger charge is 1.90. The van der Waals surface area contributed by atoms with Crippen LogP contribution in [0.3, 0.4) is 0 Å². The molecular formula is C13H17NO. The van der Waals surface area contributed by atoms with Crippen molar-refractivity contribution < 1.29 is 5.11 Å². The molecule has 0 fully saturated rings. The Labute approximate surface area is 91.0 Å². The van der Waals surface area contributed by atoms with Gasteiger partial charge in [-0.3, -0.25) is 4.99 Å². The van der Waals surface area contributed by atoms with Crippen LogP contribution in [0.1, 0.15) is 17.5 Å². The molecule has 0 spiro atoms. The van der Waals surface area contributed by atoms with Crippen LogP contribution in [0, 0.1) is 0 Å². The minimum Gasteiger partial charge on any atom is -0.396 e. The maximum Gasteiger partial charge on any atom is 0.0448 e. The Morgan fingerprint density at radius 2 is 2.00 bits per heavy atom. The molecule has 0 radical (unpaired) electrons. The van der Waals surface area contributed by atoms with Crippen molar-refractivity contribution in [2.75, 3.05) is 13.2 Å². The van der Waals surface area contributed by atoms with Crippen LogP contribution in [0.25, 0.3) is 0 Å². The molecule has 2 heteroatoms. The number of hydrogen-bond acceptors (Lipinski definition) is 2. The molecule has 0 heterocycles. The average Bonchev–Trinajstić information content (AvgIpc) is 2.27. The number of nitrogens with zero attached hydrogens (tertiary/aromatic N) is 1. The van der Waals surface area contributed by atoms with Gasteiger partial charge in [-0.25, -0.2) is 0 Å². The molecule has 0 bridgehead atoms. The lowest BCUT2D eigenvalue weighted by Gasteiger charge is -1.97. The van der Waals surface area contributed by atoms with E-state index in [1.54, 1.807) is 0 Å². The first-order valence-electron chi connectivity index (χ1n) is 5.17. The van der Waals surface area contributed by atoms with Gasteiger partial charge in [0.1, 0.15) is 0 Å². The first-order valence-corrected chi connectivity index (χ1v) is 5.17. The van der Waals surface area contributed by atoms with Crippen molar-refractivity contribution in [2.45, 2.75) is 12.8 Å². The largest absolute Gasteiger partial charge is 0.396 e. The van der Waals surface area contributed by atoms with Gasteiger partial charge in [-0.2, -0.15) is 0 Å². The fraction of sp³-hybridized carbons (Fsp3) is 0.308. The lowest BCUT2D eigenvalue weighted by Crippen LogP contribution is -1.89. The van der Waals surface area contributed by atoms with Crippen LogP contribution in [-0.2, 0) is 6.42 Å². The zero-order valence-electron chi connectivity index (χ0n) is 8.89. The standard InChI is InChI=1S/C13H17NO/c1-2-4-12-5-7-13(8-6-12)11-14-9-3-10-15/h2,5-8,11,15H,1,3-4,9-10H2. The van der Waals surface area contributed by atoms with Crippen LogP contribution in [-0.4, -0.2) is 24.5 Å². The molecule has 2 nitrogen and oxygen atoms in total. The molecule has 0 amide bonds. The molecule has 80 valence electrons. The molecule has 0 atom stereocenters. The van der Waals surface area contributed by atoms with Crippen LogP contribution in [0.15, 0.2) is 41.9 Å². The van der Waals surface area contributed by atoms with Crippen LogP contribution < -0.4 is 0 Å². The monoisotopic (exact) mass is 203 g/mol. The first kappa shape index (κ1) is 11.7. The summed E-state index contributed by atoms with van der Waals surface area (Å²) in [6.07, 6.45) is 5.37. The molecule has 1 N–H and O–H groups in total. The molecule has 0 aromatic heterocycles. The van der Waals surface area contributed by atoms with Gasteiger partial charge in [-0.15, -0.1) is 6.58 Å². The highest BCUT2D eigenvalue weighted by atomic mass is 16.2. The summed E-state index contributed by atoms with van der Waals surface area (Å²) in [5.41, 5.74) is 2.36. The van der Waals surface area contributed by atoms with E-state index in [9.17, 15) is 0 Å². The third kappa shape index (κ3) is 4.56. The highest BCUT2D eigenvalue weighted by molar-refractivity contribution is 5.79. The second-order valence-electron chi connectivity index (χ2n) is 3.35. The quantitative estimate of drug-likeness (QED) is 0.429. The SMILES string of the molecule is C=CCc1ccc(C=NCCCO)cc1. The van der Waals surface area contributed by atoms with Gasteiger partial charge in [0, 0.05) is 19.4 Å². The van der Waals surface area contributed by atoms with Crippen molar-refractivity contribution in [1.82, 2.24) is 0 Å². The van der Waals surface area contributed by atoms with Gasteiger partial charge in [0.25, 0.3) is 0 Å². The van der Waals surface area contributed by atoms with Crippen LogP contribution in [0.5, 0.6) is 0 Å². The summed E-state index contributed by atoms with van der Waals surface area (Å²) in [6, 6.07) is 8.24. The summed E-state index contributed by atoms with van der Waals surface area (Å²) < 4.78 is 0. The van der Waals surface area contributed by atoms with E-state index in [0.29, 0.717) is 6.54 Å². The zero-order chi connectivity index (χ0) is 10.9. The van der Waals surface area contributed by atoms with Crippen molar-refractivity contribution in [1.29, 1.82) is 0 Å². The Kier molecular flexibility index (Phi) is 5.41. The number of allylic oxidation sites excluding steroid dienone is 1. The van der Waals surface area contributed by atoms with E-state index in [-0.39, 0.29) is 6.61 Å². The maximum atomic E-state index is 8.58. The average molecular weight is 203 g/mol. The molecule has 1 rings (SSSR count). The van der Waals surface area contributed by atoms with Gasteiger partial charge in [-0.05, 0) is 24.0 Å². The summed E-state index contributed by atoms with van der Waals surface area (Å²) in [7, 11) is 0. The summed E-state index contributed by atoms with van der Waals surface area (Å²) >= 11 is 0. The van der Waals surface area contributed by atoms with Gasteiger partial charge < -0.3 is 5.11 Å². The molecule has 0 aliphatic carbocycles. The van der Waals surface area contributed by atoms with E-state index in [0.717, 1.165) is 18.4 Å². The molecule has 0 aliphatic rings. The van der Waals surface area contributed by atoms with Crippen molar-refractivity contribution in [3.05, 3.63) is 48.0 Å². The minimum atomic E-state index is 0.204. The molecule has 1 aromatic rings. The molecule has 0 saturated carbocycles. The minimum absolute atomic E-state index is 0.204. The number of aliphatic hydroxyl groups is 1. The summed E-state index contributed by atoms with van der Waals surface area (Å²) in [5.74, 6) is 0. The fourth-order valence-corrected chi connectivity index (χ4v) is 1.24. The maximum absolute atomic E-state index is 8.58. The van der Waals surface area contributed by atoms with Crippen molar-refractivity contribution in [2.24, 2.45) is 4.99 Å². The third-order valence-electron chi connectivity index (χ3n) is 2.05. The summed E-state index contributed by atoms with van der Waals surface area (Å²) in [5, 5.41) is 8.58. The van der Waals surface area contributed by atoms with E-state index in [4.69, 9.17) is 5.11 Å². The molecule has 0 saturated heterocycles. The number of hydrogen-bond donors (Lipinski definition) is 1. The lowest BCUT2D eigenvalue weighted by atomic mass is 10.1. The van der Waals surface area contributed by atoms with Crippen LogP contribution in [0.4, 0.5) is 0 Å². The Bertz CT molecular complexity index is 314. The molecular weight excluding hydrogens is 186 g/mol. The van der Waals surface area contributed by atoms with Crippen LogP contribution in [0.2, 0.25) is 0 Å². The van der Waals surface area contributed by atoms with E-state index in [1.807, 2.05) is 24.4 Å². The second-order valence-corrected chi connectivity index (χ2v) is 3.35. The number of rotatable bonds is 6. The molecule has 15 heavy (non-hydrogen) atoms. The van der Waals surface area contributed by atoms with E-state index < -0.39 is 0 Å². The Hall–Kier alpha value is -1.41. The zero-order valence-corrected chi connectivity index (χ0v) is 8.89. The smallest absolute Gasteiger partial charge is 0.0448 e. The number of benzene rings is 1. The van der Waals surface area contributed by atoms with E-state index in [2.05, 4.69) is 23.7 Å². The topological polar surface area (TPSA) is 32.6 Å². The normalized spacial score (nSPS) is 10.7. The Balaban J connectivity index is 2.48. The molecule has 0 unspecified atom stereocenters. The highest BCUT2D eigenvalue weighted by Crippen LogP contribution is 2.03. The van der Waals surface area contributed by atoms with Gasteiger partial charge in [-0.1, -0.05) is 30.3 Å². The third-order valence-corrected chi connectivity index (χ3v) is 2.05. The van der Waals surface area contributed by atoms with Crippen molar-refractivity contribution in [3.8, 4) is 0 Å². The van der Waals surface area contributed by atoms with Crippen LogP contribution >= 0.6 is 0 Å². The fourth-order valence-electron chi connectivity index (χ4n) is 1.24. The number of aliphatic hydroxyl groups excluding tert-OH is 1. The summed E-state index contributed by atoms with van der Waals surface area (Å²) in [4.78, 5) is 4.20. The first-order chi connectivity index (χ1) is 7.36. The summed E-state index contributed by atoms with van der Waals surface area (Å²) in [6.45, 7) is 4.59. The van der Waals surface area contributed by atoms with Gasteiger partial charge in [0.05, 0.1) is 0 Å². The predicted octanol–water partition coefficient (Wildman–Crippen LogP) is 2.22. The van der Waals surface area contributed by atoms with Crippen molar-refractivity contribution >= 4 is 6.21 Å². The van der Waals surface area contributed by atoms with E-state index in [1.165, 1.54) is 5.56 Å². The Morgan fingerprint density at radius 1 is 1.27 bits per heavy atom. The van der Waals surface area contributed by atoms with Crippen molar-refractivity contribution in [3.63, 3.8) is 0 Å². The van der Waals surface area contributed by atoms with Gasteiger partial charge >= 0.3 is 0 Å². The van der Waals surface area contributed by atoms with Gasteiger partial charge in [0.2, 0.25) is 0 Å². The predicted molar refractivity (Wildman–Crippen MR) is 64.5 cm³/mol. The molecule has 1 aromatic carbocycles. The Morgan fingerprint density at radius 3 is 2.60 bits per heavy atom.